The molecule has 2 aromatic carbocycles. The number of ether oxygens (including phenoxy) is 1. The molecule has 1 amide bonds. The first-order valence-electron chi connectivity index (χ1n) is 9.02. The summed E-state index contributed by atoms with van der Waals surface area (Å²) in [5.74, 6) is 0.404. The second-order valence-corrected chi connectivity index (χ2v) is 7.68. The molecule has 0 saturated carbocycles. The Morgan fingerprint density at radius 2 is 1.52 bits per heavy atom. The van der Waals surface area contributed by atoms with Crippen LogP contribution in [0.2, 0.25) is 0 Å². The van der Waals surface area contributed by atoms with Crippen LogP contribution in [0.5, 0.6) is 5.75 Å². The third-order valence-electron chi connectivity index (χ3n) is 4.16. The number of carbonyl (C=O) groups is 1. The molecule has 0 N–H and O–H groups in total. The van der Waals surface area contributed by atoms with Crippen LogP contribution < -0.4 is 9.04 Å². The second-order valence-electron chi connectivity index (χ2n) is 5.82. The summed E-state index contributed by atoms with van der Waals surface area (Å²) in [6.07, 6.45) is 0. The van der Waals surface area contributed by atoms with Crippen LogP contribution in [0.25, 0.3) is 0 Å². The number of amides is 1. The summed E-state index contributed by atoms with van der Waals surface area (Å²) in [6, 6.07) is 14.8. The molecule has 0 aliphatic rings. The molecule has 0 heterocycles. The number of nitrogens with zero attached hydrogens (tertiary/aromatic N) is 2. The van der Waals surface area contributed by atoms with Crippen LogP contribution in [-0.2, 0) is 14.8 Å². The minimum absolute atomic E-state index is 0.145. The molecule has 27 heavy (non-hydrogen) atoms. The summed E-state index contributed by atoms with van der Waals surface area (Å²) in [5, 5.41) is 0. The number of anilines is 1. The van der Waals surface area contributed by atoms with Crippen LogP contribution in [0.3, 0.4) is 0 Å². The average molecular weight is 391 g/mol. The van der Waals surface area contributed by atoms with Gasteiger partial charge >= 0.3 is 0 Å². The largest absolute Gasteiger partial charge is 0.494 e. The quantitative estimate of drug-likeness (QED) is 0.660. The summed E-state index contributed by atoms with van der Waals surface area (Å²) < 4.78 is 33.0. The normalized spacial score (nSPS) is 11.1. The van der Waals surface area contributed by atoms with Gasteiger partial charge in [0.25, 0.3) is 10.0 Å². The van der Waals surface area contributed by atoms with Gasteiger partial charge in [0.05, 0.1) is 17.2 Å². The molecule has 0 spiro atoms. The number of rotatable bonds is 9. The van der Waals surface area contributed by atoms with E-state index < -0.39 is 10.0 Å². The summed E-state index contributed by atoms with van der Waals surface area (Å²) >= 11 is 0. The van der Waals surface area contributed by atoms with E-state index in [1.165, 1.54) is 12.1 Å². The molecule has 0 unspecified atom stereocenters. The first kappa shape index (κ1) is 20.8. The third kappa shape index (κ3) is 5.01. The van der Waals surface area contributed by atoms with Gasteiger partial charge in [-0.15, -0.1) is 0 Å². The lowest BCUT2D eigenvalue weighted by atomic mass is 10.3. The molecule has 0 radical (unpaired) electrons. The number of benzene rings is 2. The van der Waals surface area contributed by atoms with Crippen LogP contribution in [-0.4, -0.2) is 45.5 Å². The van der Waals surface area contributed by atoms with Gasteiger partial charge in [-0.3, -0.25) is 9.10 Å². The number of carbonyl (C=O) groups excluding carboxylic acids is 1. The third-order valence-corrected chi connectivity index (χ3v) is 5.95. The number of hydrogen-bond donors (Lipinski definition) is 0. The van der Waals surface area contributed by atoms with Crippen LogP contribution >= 0.6 is 0 Å². The molecule has 0 saturated heterocycles. The molecule has 0 aliphatic carbocycles. The Morgan fingerprint density at radius 1 is 0.926 bits per heavy atom. The predicted octanol–water partition coefficient (Wildman–Crippen LogP) is 3.15. The van der Waals surface area contributed by atoms with Gasteiger partial charge in [0.1, 0.15) is 12.3 Å². The predicted molar refractivity (Wildman–Crippen MR) is 107 cm³/mol. The Bertz CT molecular complexity index is 832. The van der Waals surface area contributed by atoms with Gasteiger partial charge in [0.15, 0.2) is 0 Å². The summed E-state index contributed by atoms with van der Waals surface area (Å²) in [4.78, 5) is 14.4. The van der Waals surface area contributed by atoms with Crippen LogP contribution in [0, 0.1) is 0 Å². The van der Waals surface area contributed by atoms with E-state index in [1.807, 2.05) is 20.8 Å². The second kappa shape index (κ2) is 9.41. The number of likely N-dealkylation sites (N-methyl/N-ethyl adjacent to an activating group) is 1. The van der Waals surface area contributed by atoms with Crippen molar-refractivity contribution in [1.82, 2.24) is 4.90 Å². The standard InChI is InChI=1S/C20H26N2O4S/c1-4-21(5-2)20(23)16-22(17-12-14-18(15-13-17)26-6-3)27(24,25)19-10-8-7-9-11-19/h7-15H,4-6,16H2,1-3H3. The lowest BCUT2D eigenvalue weighted by Crippen LogP contribution is -2.43. The average Bonchev–Trinajstić information content (AvgIpc) is 2.68. The maximum atomic E-state index is 13.2. The van der Waals surface area contributed by atoms with Crippen LogP contribution in [0.4, 0.5) is 5.69 Å². The highest BCUT2D eigenvalue weighted by Crippen LogP contribution is 2.26. The van der Waals surface area contributed by atoms with Crippen molar-refractivity contribution in [1.29, 1.82) is 0 Å². The first-order valence-corrected chi connectivity index (χ1v) is 10.5. The lowest BCUT2D eigenvalue weighted by molar-refractivity contribution is -0.129. The Morgan fingerprint density at radius 3 is 2.04 bits per heavy atom. The van der Waals surface area contributed by atoms with Gasteiger partial charge < -0.3 is 9.64 Å². The Kier molecular flexibility index (Phi) is 7.24. The Balaban J connectivity index is 2.43. The van der Waals surface area contributed by atoms with Gasteiger partial charge in [-0.25, -0.2) is 8.42 Å². The number of hydrogen-bond acceptors (Lipinski definition) is 4. The zero-order valence-electron chi connectivity index (χ0n) is 16.0. The van der Waals surface area contributed by atoms with Crippen molar-refractivity contribution < 1.29 is 17.9 Å². The van der Waals surface area contributed by atoms with E-state index in [9.17, 15) is 13.2 Å². The maximum absolute atomic E-state index is 13.2. The molecule has 0 aliphatic heterocycles. The highest BCUT2D eigenvalue weighted by atomic mass is 32.2. The Labute approximate surface area is 161 Å². The minimum Gasteiger partial charge on any atom is -0.494 e. The molecule has 2 rings (SSSR count). The minimum atomic E-state index is -3.88. The van der Waals surface area contributed by atoms with E-state index in [-0.39, 0.29) is 17.3 Å². The summed E-state index contributed by atoms with van der Waals surface area (Å²) in [7, 11) is -3.88. The SMILES string of the molecule is CCOc1ccc(N(CC(=O)N(CC)CC)S(=O)(=O)c2ccccc2)cc1. The van der Waals surface area contributed by atoms with Crippen molar-refractivity contribution in [3.63, 3.8) is 0 Å². The Hall–Kier alpha value is -2.54. The van der Waals surface area contributed by atoms with Crippen molar-refractivity contribution in [2.24, 2.45) is 0 Å². The molecular weight excluding hydrogens is 364 g/mol. The van der Waals surface area contributed by atoms with Gasteiger partial charge in [0, 0.05) is 13.1 Å². The molecule has 7 heteroatoms. The van der Waals surface area contributed by atoms with Gasteiger partial charge in [-0.05, 0) is 57.2 Å². The lowest BCUT2D eigenvalue weighted by Gasteiger charge is -2.27. The zero-order chi connectivity index (χ0) is 19.9. The first-order chi connectivity index (χ1) is 12.9. The van der Waals surface area contributed by atoms with Gasteiger partial charge in [-0.2, -0.15) is 0 Å². The highest BCUT2D eigenvalue weighted by Gasteiger charge is 2.28. The van der Waals surface area contributed by atoms with E-state index in [4.69, 9.17) is 4.74 Å². The van der Waals surface area contributed by atoms with Gasteiger partial charge in [-0.1, -0.05) is 18.2 Å². The van der Waals surface area contributed by atoms with Crippen molar-refractivity contribution in [3.8, 4) is 5.75 Å². The molecular formula is C20H26N2O4S. The molecule has 6 nitrogen and oxygen atoms in total. The summed E-state index contributed by atoms with van der Waals surface area (Å²) in [6.45, 7) is 6.93. The van der Waals surface area contributed by atoms with Crippen LogP contribution in [0.1, 0.15) is 20.8 Å². The molecule has 0 bridgehead atoms. The van der Waals surface area contributed by atoms with Crippen LogP contribution in [0.15, 0.2) is 59.5 Å². The maximum Gasteiger partial charge on any atom is 0.264 e. The van der Waals surface area contributed by atoms with E-state index in [2.05, 4.69) is 0 Å². The van der Waals surface area contributed by atoms with E-state index >= 15 is 0 Å². The highest BCUT2D eigenvalue weighted by molar-refractivity contribution is 7.92. The van der Waals surface area contributed by atoms with Gasteiger partial charge in [0.2, 0.25) is 5.91 Å². The zero-order valence-corrected chi connectivity index (χ0v) is 16.8. The van der Waals surface area contributed by atoms with Crippen molar-refractivity contribution in [3.05, 3.63) is 54.6 Å². The number of sulfonamides is 1. The fraction of sp³-hybridized carbons (Fsp3) is 0.350. The summed E-state index contributed by atoms with van der Waals surface area (Å²) in [5.41, 5.74) is 0.419. The molecule has 0 fully saturated rings. The van der Waals surface area contributed by atoms with Crippen molar-refractivity contribution >= 4 is 21.6 Å². The van der Waals surface area contributed by atoms with E-state index in [0.717, 1.165) is 4.31 Å². The van der Waals surface area contributed by atoms with E-state index in [1.54, 1.807) is 47.4 Å². The molecule has 0 atom stereocenters. The topological polar surface area (TPSA) is 66.9 Å². The molecule has 0 aromatic heterocycles. The van der Waals surface area contributed by atoms with Crippen molar-refractivity contribution in [2.45, 2.75) is 25.7 Å². The molecule has 2 aromatic rings. The smallest absolute Gasteiger partial charge is 0.264 e. The monoisotopic (exact) mass is 390 g/mol. The van der Waals surface area contributed by atoms with Crippen molar-refractivity contribution in [2.75, 3.05) is 30.5 Å². The molecule has 146 valence electrons. The fourth-order valence-electron chi connectivity index (χ4n) is 2.71. The van der Waals surface area contributed by atoms with E-state index in [0.29, 0.717) is 31.1 Å². The fourth-order valence-corrected chi connectivity index (χ4v) is 4.14.